The number of carboxylic acids is 1. The van der Waals surface area contributed by atoms with E-state index in [1.807, 2.05) is 0 Å². The molecule has 0 saturated carbocycles. The van der Waals surface area contributed by atoms with Crippen LogP contribution in [-0.4, -0.2) is 30.3 Å². The van der Waals surface area contributed by atoms with Crippen LogP contribution in [0.25, 0.3) is 0 Å². The third-order valence-electron chi connectivity index (χ3n) is 2.35. The highest BCUT2D eigenvalue weighted by atomic mass is 16.5. The molecule has 0 fully saturated rings. The molecule has 0 aliphatic rings. The molecule has 2 N–H and O–H groups in total. The fourth-order valence-electron chi connectivity index (χ4n) is 1.45. The highest BCUT2D eigenvalue weighted by molar-refractivity contribution is 5.82. The van der Waals surface area contributed by atoms with Crippen molar-refractivity contribution in [3.8, 4) is 12.3 Å². The summed E-state index contributed by atoms with van der Waals surface area (Å²) in [5.74, 6) is 1.51. The van der Waals surface area contributed by atoms with Gasteiger partial charge in [-0.3, -0.25) is 0 Å². The Balaban J connectivity index is 2.94. The highest BCUT2D eigenvalue weighted by Crippen LogP contribution is 2.17. The van der Waals surface area contributed by atoms with Gasteiger partial charge in [0.15, 0.2) is 5.54 Å². The van der Waals surface area contributed by atoms with Gasteiger partial charge in [0.25, 0.3) is 0 Å². The number of hydrogen-bond donors (Lipinski definition) is 2. The molecule has 90 valence electrons. The van der Waals surface area contributed by atoms with Crippen molar-refractivity contribution < 1.29 is 14.6 Å². The number of terminal acetylenes is 1. The predicted molar refractivity (Wildman–Crippen MR) is 65.9 cm³/mol. The molecule has 17 heavy (non-hydrogen) atoms. The summed E-state index contributed by atoms with van der Waals surface area (Å²) in [6.45, 7) is 1.62. The van der Waals surface area contributed by atoms with Crippen molar-refractivity contribution in [3.05, 3.63) is 29.8 Å². The summed E-state index contributed by atoms with van der Waals surface area (Å²) in [4.78, 5) is 11.2. The van der Waals surface area contributed by atoms with Gasteiger partial charge in [0.1, 0.15) is 0 Å². The average molecular weight is 233 g/mol. The number of nitrogens with one attached hydrogen (secondary N) is 1. The molecule has 1 rings (SSSR count). The van der Waals surface area contributed by atoms with Gasteiger partial charge in [-0.25, -0.2) is 4.79 Å². The molecule has 0 aliphatic carbocycles. The summed E-state index contributed by atoms with van der Waals surface area (Å²) >= 11 is 0. The lowest BCUT2D eigenvalue weighted by molar-refractivity contribution is -0.143. The lowest BCUT2D eigenvalue weighted by Gasteiger charge is -2.26. The molecule has 1 aromatic carbocycles. The van der Waals surface area contributed by atoms with Gasteiger partial charge in [-0.2, -0.15) is 0 Å². The second kappa shape index (κ2) is 5.37. The van der Waals surface area contributed by atoms with E-state index in [-0.39, 0.29) is 6.61 Å². The zero-order chi connectivity index (χ0) is 12.9. The van der Waals surface area contributed by atoms with Crippen LogP contribution < -0.4 is 5.32 Å². The van der Waals surface area contributed by atoms with Gasteiger partial charge in [-0.15, -0.1) is 6.42 Å². The van der Waals surface area contributed by atoms with E-state index in [2.05, 4.69) is 11.2 Å². The first-order chi connectivity index (χ1) is 8.01. The zero-order valence-corrected chi connectivity index (χ0v) is 9.86. The standard InChI is InChI=1S/C13H15NO3/c1-4-10-6-5-7-11(8-10)14-13(2,9-17-3)12(15)16/h1,5-8,14H,9H2,2-3H3,(H,15,16). The van der Waals surface area contributed by atoms with E-state index >= 15 is 0 Å². The molecule has 0 aromatic heterocycles. The number of carboxylic acid groups (broad SMARTS) is 1. The van der Waals surface area contributed by atoms with Gasteiger partial charge in [-0.1, -0.05) is 12.0 Å². The van der Waals surface area contributed by atoms with Crippen molar-refractivity contribution in [2.45, 2.75) is 12.5 Å². The number of methoxy groups -OCH3 is 1. The molecule has 4 heteroatoms. The number of carbonyl (C=O) groups is 1. The van der Waals surface area contributed by atoms with Gasteiger partial charge < -0.3 is 15.2 Å². The van der Waals surface area contributed by atoms with Crippen molar-refractivity contribution in [2.75, 3.05) is 19.0 Å². The molecular weight excluding hydrogens is 218 g/mol. The number of aliphatic carboxylic acids is 1. The lowest BCUT2D eigenvalue weighted by Crippen LogP contribution is -2.47. The van der Waals surface area contributed by atoms with Gasteiger partial charge in [0, 0.05) is 18.4 Å². The lowest BCUT2D eigenvalue weighted by atomic mass is 10.0. The SMILES string of the molecule is C#Cc1cccc(NC(C)(COC)C(=O)O)c1. The Kier molecular flexibility index (Phi) is 4.13. The zero-order valence-electron chi connectivity index (χ0n) is 9.86. The Labute approximate surface area is 101 Å². The third kappa shape index (κ3) is 3.23. The van der Waals surface area contributed by atoms with Crippen molar-refractivity contribution in [1.82, 2.24) is 0 Å². The maximum atomic E-state index is 11.2. The fourth-order valence-corrected chi connectivity index (χ4v) is 1.45. The normalized spacial score (nSPS) is 13.5. The second-order valence-corrected chi connectivity index (χ2v) is 3.92. The quantitative estimate of drug-likeness (QED) is 0.758. The van der Waals surface area contributed by atoms with Gasteiger partial charge in [-0.05, 0) is 25.1 Å². The van der Waals surface area contributed by atoms with Crippen LogP contribution in [0.3, 0.4) is 0 Å². The Hall–Kier alpha value is -1.99. The second-order valence-electron chi connectivity index (χ2n) is 3.92. The maximum absolute atomic E-state index is 11.2. The van der Waals surface area contributed by atoms with E-state index in [1.165, 1.54) is 7.11 Å². The van der Waals surface area contributed by atoms with Crippen LogP contribution in [0, 0.1) is 12.3 Å². The summed E-state index contributed by atoms with van der Waals surface area (Å²) in [6, 6.07) is 7.03. The highest BCUT2D eigenvalue weighted by Gasteiger charge is 2.33. The first kappa shape index (κ1) is 13.1. The molecule has 1 atom stereocenters. The molecular formula is C13H15NO3. The number of hydrogen-bond acceptors (Lipinski definition) is 3. The van der Waals surface area contributed by atoms with Crippen molar-refractivity contribution in [2.24, 2.45) is 0 Å². The predicted octanol–water partition coefficient (Wildman–Crippen LogP) is 1.57. The number of rotatable bonds is 5. The van der Waals surface area contributed by atoms with E-state index in [0.29, 0.717) is 11.3 Å². The summed E-state index contributed by atoms with van der Waals surface area (Å²) in [5.41, 5.74) is 0.171. The molecule has 1 unspecified atom stereocenters. The van der Waals surface area contributed by atoms with Crippen LogP contribution in [0.4, 0.5) is 5.69 Å². The first-order valence-corrected chi connectivity index (χ1v) is 5.09. The molecule has 0 radical (unpaired) electrons. The van der Waals surface area contributed by atoms with Gasteiger partial charge >= 0.3 is 5.97 Å². The molecule has 0 heterocycles. The molecule has 1 aromatic rings. The van der Waals surface area contributed by atoms with Crippen LogP contribution in [0.1, 0.15) is 12.5 Å². The minimum Gasteiger partial charge on any atom is -0.479 e. The van der Waals surface area contributed by atoms with E-state index in [9.17, 15) is 4.79 Å². The third-order valence-corrected chi connectivity index (χ3v) is 2.35. The molecule has 0 spiro atoms. The minimum atomic E-state index is -1.18. The van der Waals surface area contributed by atoms with Gasteiger partial charge in [0.05, 0.1) is 6.61 Å². The van der Waals surface area contributed by atoms with Crippen LogP contribution in [-0.2, 0) is 9.53 Å². The van der Waals surface area contributed by atoms with E-state index in [0.717, 1.165) is 0 Å². The van der Waals surface area contributed by atoms with Crippen molar-refractivity contribution >= 4 is 11.7 Å². The Bertz CT molecular complexity index is 450. The van der Waals surface area contributed by atoms with Gasteiger partial charge in [0.2, 0.25) is 0 Å². The maximum Gasteiger partial charge on any atom is 0.331 e. The minimum absolute atomic E-state index is 0.0581. The molecule has 4 nitrogen and oxygen atoms in total. The molecule has 0 saturated heterocycles. The fraction of sp³-hybridized carbons (Fsp3) is 0.308. The largest absolute Gasteiger partial charge is 0.479 e. The van der Waals surface area contributed by atoms with Crippen LogP contribution >= 0.6 is 0 Å². The monoisotopic (exact) mass is 233 g/mol. The average Bonchev–Trinajstić information content (AvgIpc) is 2.29. The number of anilines is 1. The number of ether oxygens (including phenoxy) is 1. The summed E-state index contributed by atoms with van der Waals surface area (Å²) in [6.07, 6.45) is 5.28. The molecule has 0 amide bonds. The van der Waals surface area contributed by atoms with E-state index < -0.39 is 11.5 Å². The van der Waals surface area contributed by atoms with Crippen molar-refractivity contribution in [1.29, 1.82) is 0 Å². The first-order valence-electron chi connectivity index (χ1n) is 5.09. The smallest absolute Gasteiger partial charge is 0.331 e. The van der Waals surface area contributed by atoms with E-state index in [1.54, 1.807) is 31.2 Å². The number of benzene rings is 1. The van der Waals surface area contributed by atoms with Crippen LogP contribution in [0.5, 0.6) is 0 Å². The van der Waals surface area contributed by atoms with Crippen LogP contribution in [0.2, 0.25) is 0 Å². The Morgan fingerprint density at radius 3 is 2.88 bits per heavy atom. The van der Waals surface area contributed by atoms with Crippen molar-refractivity contribution in [3.63, 3.8) is 0 Å². The van der Waals surface area contributed by atoms with Crippen LogP contribution in [0.15, 0.2) is 24.3 Å². The topological polar surface area (TPSA) is 58.6 Å². The molecule has 0 bridgehead atoms. The summed E-state index contributed by atoms with van der Waals surface area (Å²) < 4.78 is 4.91. The Morgan fingerprint density at radius 1 is 1.65 bits per heavy atom. The molecule has 0 aliphatic heterocycles. The van der Waals surface area contributed by atoms with E-state index in [4.69, 9.17) is 16.3 Å². The Morgan fingerprint density at radius 2 is 2.35 bits per heavy atom. The summed E-state index contributed by atoms with van der Waals surface area (Å²) in [7, 11) is 1.46. The summed E-state index contributed by atoms with van der Waals surface area (Å²) in [5, 5.41) is 12.1.